The number of amides is 1. The highest BCUT2D eigenvalue weighted by molar-refractivity contribution is 5.79. The maximum atomic E-state index is 12.3. The average molecular weight is 485 g/mol. The minimum Gasteiger partial charge on any atom is -0.481 e. The van der Waals surface area contributed by atoms with E-state index in [9.17, 15) is 27.9 Å². The molecule has 0 saturated heterocycles. The Labute approximate surface area is 199 Å². The fourth-order valence-corrected chi connectivity index (χ4v) is 4.21. The zero-order valence-electron chi connectivity index (χ0n) is 18.4. The molecule has 1 aliphatic carbocycles. The second-order valence-corrected chi connectivity index (χ2v) is 8.14. The van der Waals surface area contributed by atoms with Crippen molar-refractivity contribution in [3.63, 3.8) is 0 Å². The van der Waals surface area contributed by atoms with E-state index in [0.717, 1.165) is 34.4 Å². The van der Waals surface area contributed by atoms with E-state index >= 15 is 0 Å². The van der Waals surface area contributed by atoms with Gasteiger partial charge in [-0.05, 0) is 46.4 Å². The van der Waals surface area contributed by atoms with Crippen LogP contribution in [0, 0.1) is 5.92 Å². The first-order chi connectivity index (χ1) is 16.7. The van der Waals surface area contributed by atoms with Crippen LogP contribution in [0.2, 0.25) is 0 Å². The summed E-state index contributed by atoms with van der Waals surface area (Å²) < 4.78 is 46.1. The lowest BCUT2D eigenvalue weighted by Crippen LogP contribution is -2.35. The van der Waals surface area contributed by atoms with E-state index in [2.05, 4.69) is 10.1 Å². The molecule has 3 aromatic carbocycles. The molecule has 4 rings (SSSR count). The Balaban J connectivity index is 1.32. The van der Waals surface area contributed by atoms with E-state index in [1.54, 1.807) is 0 Å². The predicted octanol–water partition coefficient (Wildman–Crippen LogP) is 5.37. The molecular weight excluding hydrogens is 463 g/mol. The number of aliphatic carboxylic acids is 1. The van der Waals surface area contributed by atoms with Gasteiger partial charge in [0.15, 0.2) is 0 Å². The van der Waals surface area contributed by atoms with Gasteiger partial charge in [-0.15, -0.1) is 13.2 Å². The average Bonchev–Trinajstić information content (AvgIpc) is 3.14. The summed E-state index contributed by atoms with van der Waals surface area (Å²) in [5.41, 5.74) is 4.79. The number of carbonyl (C=O) groups excluding carboxylic acids is 1. The van der Waals surface area contributed by atoms with Crippen LogP contribution in [0.1, 0.15) is 22.6 Å². The number of ether oxygens (including phenoxy) is 2. The summed E-state index contributed by atoms with van der Waals surface area (Å²) >= 11 is 0. The maximum Gasteiger partial charge on any atom is 0.573 e. The number of nitrogens with one attached hydrogen (secondary N) is 1. The summed E-state index contributed by atoms with van der Waals surface area (Å²) in [6.07, 6.45) is -5.55. The zero-order chi connectivity index (χ0) is 25.0. The van der Waals surface area contributed by atoms with E-state index in [-0.39, 0.29) is 25.5 Å². The van der Waals surface area contributed by atoms with E-state index in [4.69, 9.17) is 4.74 Å². The first-order valence-corrected chi connectivity index (χ1v) is 10.9. The zero-order valence-corrected chi connectivity index (χ0v) is 18.4. The molecule has 3 aromatic rings. The molecule has 1 atom stereocenters. The third-order valence-corrected chi connectivity index (χ3v) is 5.82. The molecule has 0 spiro atoms. The topological polar surface area (TPSA) is 84.9 Å². The van der Waals surface area contributed by atoms with Crippen LogP contribution in [-0.4, -0.2) is 36.7 Å². The van der Waals surface area contributed by atoms with Gasteiger partial charge in [0, 0.05) is 12.5 Å². The highest BCUT2D eigenvalue weighted by atomic mass is 19.4. The van der Waals surface area contributed by atoms with Crippen molar-refractivity contribution in [2.24, 2.45) is 5.92 Å². The largest absolute Gasteiger partial charge is 0.573 e. The summed E-state index contributed by atoms with van der Waals surface area (Å²) in [6, 6.07) is 20.7. The Morgan fingerprint density at radius 3 is 2.03 bits per heavy atom. The minimum atomic E-state index is -4.81. The molecule has 9 heteroatoms. The van der Waals surface area contributed by atoms with Crippen molar-refractivity contribution in [2.45, 2.75) is 18.7 Å². The number of hydrogen-bond donors (Lipinski definition) is 2. The standard InChI is InChI=1S/C26H22F3NO5/c27-26(28,29)35-18-11-9-16(10-12-18)13-17(24(31)32)14-30-25(33)34-15-23-21-7-3-1-5-19(21)20-6-2-4-8-22(20)23/h1-12,17,23H,13-15H2,(H,30,33)(H,31,32). The van der Waals surface area contributed by atoms with Gasteiger partial charge in [0.05, 0.1) is 5.92 Å². The van der Waals surface area contributed by atoms with Crippen LogP contribution in [0.15, 0.2) is 72.8 Å². The molecule has 35 heavy (non-hydrogen) atoms. The van der Waals surface area contributed by atoms with E-state index in [1.165, 1.54) is 12.1 Å². The minimum absolute atomic E-state index is 0.00524. The van der Waals surface area contributed by atoms with Gasteiger partial charge >= 0.3 is 18.4 Å². The highest BCUT2D eigenvalue weighted by Crippen LogP contribution is 2.44. The van der Waals surface area contributed by atoms with Crippen LogP contribution in [0.25, 0.3) is 11.1 Å². The first kappa shape index (κ1) is 24.1. The van der Waals surface area contributed by atoms with E-state index in [0.29, 0.717) is 5.56 Å². The molecule has 0 saturated carbocycles. The number of benzene rings is 3. The molecule has 0 radical (unpaired) electrons. The lowest BCUT2D eigenvalue weighted by atomic mass is 9.98. The lowest BCUT2D eigenvalue weighted by molar-refractivity contribution is -0.274. The summed E-state index contributed by atoms with van der Waals surface area (Å²) in [4.78, 5) is 24.0. The quantitative estimate of drug-likeness (QED) is 0.448. The van der Waals surface area contributed by atoms with Crippen LogP contribution in [-0.2, 0) is 16.0 Å². The van der Waals surface area contributed by atoms with Crippen LogP contribution in [0.3, 0.4) is 0 Å². The number of carboxylic acid groups (broad SMARTS) is 1. The Morgan fingerprint density at radius 1 is 0.914 bits per heavy atom. The Morgan fingerprint density at radius 2 is 1.49 bits per heavy atom. The molecule has 0 fully saturated rings. The molecule has 0 aliphatic heterocycles. The fourth-order valence-electron chi connectivity index (χ4n) is 4.21. The molecule has 1 unspecified atom stereocenters. The number of alkyl halides is 3. The molecule has 182 valence electrons. The molecular formula is C26H22F3NO5. The molecule has 0 heterocycles. The van der Waals surface area contributed by atoms with Gasteiger partial charge in [-0.1, -0.05) is 60.7 Å². The molecule has 0 aromatic heterocycles. The Hall–Kier alpha value is -4.01. The number of alkyl carbamates (subject to hydrolysis) is 1. The van der Waals surface area contributed by atoms with Crippen molar-refractivity contribution in [1.29, 1.82) is 0 Å². The normalized spacial score (nSPS) is 13.5. The third kappa shape index (κ3) is 5.92. The predicted molar refractivity (Wildman–Crippen MR) is 121 cm³/mol. The monoisotopic (exact) mass is 485 g/mol. The second-order valence-electron chi connectivity index (χ2n) is 8.14. The van der Waals surface area contributed by atoms with Gasteiger partial charge in [0.25, 0.3) is 0 Å². The smallest absolute Gasteiger partial charge is 0.481 e. The molecule has 6 nitrogen and oxygen atoms in total. The number of carboxylic acids is 1. The maximum absolute atomic E-state index is 12.3. The Kier molecular flexibility index (Phi) is 6.95. The van der Waals surface area contributed by atoms with Crippen LogP contribution in [0.4, 0.5) is 18.0 Å². The lowest BCUT2D eigenvalue weighted by Gasteiger charge is -2.16. The second kappa shape index (κ2) is 10.1. The van der Waals surface area contributed by atoms with Crippen molar-refractivity contribution in [3.05, 3.63) is 89.5 Å². The third-order valence-electron chi connectivity index (χ3n) is 5.82. The highest BCUT2D eigenvalue weighted by Gasteiger charge is 2.31. The van der Waals surface area contributed by atoms with Gasteiger partial charge in [0.1, 0.15) is 12.4 Å². The van der Waals surface area contributed by atoms with E-state index < -0.39 is 30.1 Å². The summed E-state index contributed by atoms with van der Waals surface area (Å²) in [5, 5.41) is 12.0. The van der Waals surface area contributed by atoms with Crippen molar-refractivity contribution in [1.82, 2.24) is 5.32 Å². The van der Waals surface area contributed by atoms with Gasteiger partial charge in [-0.3, -0.25) is 4.79 Å². The summed E-state index contributed by atoms with van der Waals surface area (Å²) in [5.74, 6) is -2.67. The molecule has 0 bridgehead atoms. The van der Waals surface area contributed by atoms with Crippen molar-refractivity contribution >= 4 is 12.1 Å². The number of fused-ring (bicyclic) bond motifs is 3. The number of carbonyl (C=O) groups is 2. The first-order valence-electron chi connectivity index (χ1n) is 10.9. The summed E-state index contributed by atoms with van der Waals surface area (Å²) in [6.45, 7) is -0.106. The molecule has 2 N–H and O–H groups in total. The van der Waals surface area contributed by atoms with Crippen molar-refractivity contribution in [2.75, 3.05) is 13.2 Å². The van der Waals surface area contributed by atoms with Gasteiger partial charge in [0.2, 0.25) is 0 Å². The van der Waals surface area contributed by atoms with Gasteiger partial charge in [-0.25, -0.2) is 4.79 Å². The number of halogens is 3. The van der Waals surface area contributed by atoms with Crippen molar-refractivity contribution < 1.29 is 37.3 Å². The van der Waals surface area contributed by atoms with E-state index in [1.807, 2.05) is 48.5 Å². The SMILES string of the molecule is O=C(NCC(Cc1ccc(OC(F)(F)F)cc1)C(=O)O)OCC1c2ccccc2-c2ccccc21. The number of hydrogen-bond acceptors (Lipinski definition) is 4. The van der Waals surface area contributed by atoms with Crippen LogP contribution < -0.4 is 10.1 Å². The van der Waals surface area contributed by atoms with Crippen molar-refractivity contribution in [3.8, 4) is 16.9 Å². The molecule has 1 amide bonds. The van der Waals surface area contributed by atoms with Gasteiger partial charge in [-0.2, -0.15) is 0 Å². The van der Waals surface area contributed by atoms with Crippen LogP contribution >= 0.6 is 0 Å². The molecule has 1 aliphatic rings. The number of rotatable bonds is 8. The van der Waals surface area contributed by atoms with Crippen LogP contribution in [0.5, 0.6) is 5.75 Å². The Bertz CT molecular complexity index is 1160. The van der Waals surface area contributed by atoms with Gasteiger partial charge < -0.3 is 19.9 Å². The fraction of sp³-hybridized carbons (Fsp3) is 0.231. The summed E-state index contributed by atoms with van der Waals surface area (Å²) in [7, 11) is 0.